The van der Waals surface area contributed by atoms with Crippen molar-refractivity contribution in [2.75, 3.05) is 0 Å². The molecule has 1 rings (SSSR count). The highest BCUT2D eigenvalue weighted by molar-refractivity contribution is 5.98. The van der Waals surface area contributed by atoms with Gasteiger partial charge in [0.25, 0.3) is 0 Å². The van der Waals surface area contributed by atoms with Crippen LogP contribution in [0.25, 0.3) is 0 Å². The predicted octanol–water partition coefficient (Wildman–Crippen LogP) is 2.52. The Morgan fingerprint density at radius 1 is 1.50 bits per heavy atom. The minimum atomic E-state index is -0.934. The maximum atomic E-state index is 13.5. The second-order valence-corrected chi connectivity index (χ2v) is 3.47. The quantitative estimate of drug-likeness (QED) is 0.578. The van der Waals surface area contributed by atoms with Crippen LogP contribution in [-0.4, -0.2) is 20.5 Å². The first-order chi connectivity index (χ1) is 8.54. The lowest BCUT2D eigenvalue weighted by molar-refractivity contribution is -0.115. The van der Waals surface area contributed by atoms with E-state index in [-0.39, 0.29) is 12.0 Å². The second kappa shape index (κ2) is 6.58. The molecule has 0 atom stereocenters. The highest BCUT2D eigenvalue weighted by Gasteiger charge is 2.14. The number of aryl methyl sites for hydroxylation is 1. The zero-order valence-corrected chi connectivity index (χ0v) is 9.94. The zero-order valence-electron chi connectivity index (χ0n) is 9.94. The van der Waals surface area contributed by atoms with Crippen molar-refractivity contribution in [1.82, 2.24) is 14.8 Å². The van der Waals surface area contributed by atoms with Crippen molar-refractivity contribution in [3.63, 3.8) is 0 Å². The molecule has 0 fully saturated rings. The molecule has 0 amide bonds. The van der Waals surface area contributed by atoms with Crippen molar-refractivity contribution in [1.29, 1.82) is 0 Å². The number of allylic oxidation sites excluding steroid dienone is 5. The second-order valence-electron chi connectivity index (χ2n) is 3.47. The summed E-state index contributed by atoms with van der Waals surface area (Å²) in [7, 11) is 0. The minimum Gasteiger partial charge on any atom is -0.294 e. The number of ketones is 1. The third-order valence-electron chi connectivity index (χ3n) is 2.16. The van der Waals surface area contributed by atoms with Gasteiger partial charge in [-0.05, 0) is 6.92 Å². The standard InChI is InChI=1S/C12H13F2N3O/c1-3-10(11(14)6-9(2)13)12(18)4-5-17-8-15-7-16-17/h3,6-8H,2,4-5H2,1H3/b10-3+,11-6+. The fraction of sp³-hybridized carbons (Fsp3) is 0.250. The number of carbonyl (C=O) groups is 1. The van der Waals surface area contributed by atoms with Crippen LogP contribution in [-0.2, 0) is 11.3 Å². The number of aromatic nitrogens is 3. The van der Waals surface area contributed by atoms with Crippen LogP contribution < -0.4 is 0 Å². The summed E-state index contributed by atoms with van der Waals surface area (Å²) >= 11 is 0. The van der Waals surface area contributed by atoms with Gasteiger partial charge in [0.1, 0.15) is 24.3 Å². The molecule has 0 N–H and O–H groups in total. The number of Topliss-reactive ketones (excluding diaryl/α,β-unsaturated/α-hetero) is 1. The molecule has 0 radical (unpaired) electrons. The zero-order chi connectivity index (χ0) is 13.5. The third-order valence-corrected chi connectivity index (χ3v) is 2.16. The number of carbonyl (C=O) groups excluding carboxylic acids is 1. The Labute approximate surface area is 103 Å². The van der Waals surface area contributed by atoms with Gasteiger partial charge in [0.05, 0.1) is 0 Å². The van der Waals surface area contributed by atoms with Crippen LogP contribution in [0.15, 0.2) is 48.6 Å². The van der Waals surface area contributed by atoms with Gasteiger partial charge in [0.15, 0.2) is 5.78 Å². The van der Waals surface area contributed by atoms with Crippen molar-refractivity contribution >= 4 is 5.78 Å². The van der Waals surface area contributed by atoms with E-state index < -0.39 is 17.4 Å². The molecule has 0 aliphatic heterocycles. The van der Waals surface area contributed by atoms with E-state index in [0.717, 1.165) is 0 Å². The topological polar surface area (TPSA) is 47.8 Å². The normalized spacial score (nSPS) is 12.6. The van der Waals surface area contributed by atoms with Crippen molar-refractivity contribution in [2.45, 2.75) is 19.9 Å². The molecule has 0 bridgehead atoms. The maximum Gasteiger partial charge on any atom is 0.167 e. The Morgan fingerprint density at radius 2 is 2.22 bits per heavy atom. The van der Waals surface area contributed by atoms with Gasteiger partial charge in [-0.25, -0.2) is 13.8 Å². The number of hydrogen-bond acceptors (Lipinski definition) is 3. The molecule has 1 heterocycles. The highest BCUT2D eigenvalue weighted by Crippen LogP contribution is 2.17. The Morgan fingerprint density at radius 3 is 2.72 bits per heavy atom. The van der Waals surface area contributed by atoms with Crippen LogP contribution in [0.3, 0.4) is 0 Å². The van der Waals surface area contributed by atoms with E-state index in [1.165, 1.54) is 30.3 Å². The van der Waals surface area contributed by atoms with E-state index in [1.54, 1.807) is 0 Å². The fourth-order valence-electron chi connectivity index (χ4n) is 1.35. The Balaban J connectivity index is 2.66. The number of rotatable bonds is 6. The number of halogens is 2. The van der Waals surface area contributed by atoms with E-state index in [2.05, 4.69) is 16.7 Å². The molecule has 4 nitrogen and oxygen atoms in total. The summed E-state index contributed by atoms with van der Waals surface area (Å²) in [5.74, 6) is -2.28. The summed E-state index contributed by atoms with van der Waals surface area (Å²) in [6.07, 6.45) is 4.75. The molecule has 0 saturated heterocycles. The molecule has 96 valence electrons. The minimum absolute atomic E-state index is 0.0586. The first-order valence-electron chi connectivity index (χ1n) is 5.28. The lowest BCUT2D eigenvalue weighted by Crippen LogP contribution is -2.09. The number of nitrogens with zero attached hydrogens (tertiary/aromatic N) is 3. The van der Waals surface area contributed by atoms with Gasteiger partial charge in [-0.15, -0.1) is 0 Å². The van der Waals surface area contributed by atoms with Crippen molar-refractivity contribution < 1.29 is 13.6 Å². The summed E-state index contributed by atoms with van der Waals surface area (Å²) in [4.78, 5) is 15.4. The molecule has 1 aromatic rings. The molecule has 18 heavy (non-hydrogen) atoms. The average Bonchev–Trinajstić information content (AvgIpc) is 2.79. The van der Waals surface area contributed by atoms with E-state index >= 15 is 0 Å². The predicted molar refractivity (Wildman–Crippen MR) is 62.8 cm³/mol. The lowest BCUT2D eigenvalue weighted by Gasteiger charge is -2.04. The molecule has 0 unspecified atom stereocenters. The molecule has 1 aromatic heterocycles. The van der Waals surface area contributed by atoms with Crippen molar-refractivity contribution in [2.24, 2.45) is 0 Å². The Hall–Kier alpha value is -2.11. The van der Waals surface area contributed by atoms with Crippen molar-refractivity contribution in [3.05, 3.63) is 48.6 Å². The summed E-state index contributed by atoms with van der Waals surface area (Å²) in [5.41, 5.74) is -0.158. The molecule has 0 aromatic carbocycles. The fourth-order valence-corrected chi connectivity index (χ4v) is 1.35. The molecule has 0 aliphatic carbocycles. The van der Waals surface area contributed by atoms with E-state index in [4.69, 9.17) is 0 Å². The SMILES string of the molecule is C=C(F)/C=C(F)\C(=C/C)C(=O)CCn1cncn1. The number of hydrogen-bond donors (Lipinski definition) is 0. The van der Waals surface area contributed by atoms with Crippen LogP contribution in [0.1, 0.15) is 13.3 Å². The van der Waals surface area contributed by atoms with Crippen LogP contribution in [0.4, 0.5) is 8.78 Å². The first kappa shape index (κ1) is 14.0. The van der Waals surface area contributed by atoms with Crippen LogP contribution in [0.2, 0.25) is 0 Å². The third kappa shape index (κ3) is 4.04. The summed E-state index contributed by atoms with van der Waals surface area (Å²) < 4.78 is 27.4. The first-order valence-corrected chi connectivity index (χ1v) is 5.28. The highest BCUT2D eigenvalue weighted by atomic mass is 19.1. The van der Waals surface area contributed by atoms with Crippen LogP contribution in [0.5, 0.6) is 0 Å². The molecule has 0 spiro atoms. The maximum absolute atomic E-state index is 13.5. The molecular formula is C12H13F2N3O. The van der Waals surface area contributed by atoms with Gasteiger partial charge in [0.2, 0.25) is 0 Å². The molecule has 0 aliphatic rings. The Kier molecular flexibility index (Phi) is 5.10. The molecule has 6 heteroatoms. The largest absolute Gasteiger partial charge is 0.294 e. The van der Waals surface area contributed by atoms with Gasteiger partial charge in [-0.3, -0.25) is 9.48 Å². The average molecular weight is 253 g/mol. The van der Waals surface area contributed by atoms with Gasteiger partial charge < -0.3 is 0 Å². The summed E-state index contributed by atoms with van der Waals surface area (Å²) in [6, 6.07) is 0. The van der Waals surface area contributed by atoms with E-state index in [9.17, 15) is 13.6 Å². The van der Waals surface area contributed by atoms with Crippen LogP contribution >= 0.6 is 0 Å². The molecule has 0 saturated carbocycles. The van der Waals surface area contributed by atoms with E-state index in [0.29, 0.717) is 12.6 Å². The van der Waals surface area contributed by atoms with Gasteiger partial charge >= 0.3 is 0 Å². The molecular weight excluding hydrogens is 240 g/mol. The summed E-state index contributed by atoms with van der Waals surface area (Å²) in [6.45, 7) is 4.72. The van der Waals surface area contributed by atoms with Crippen molar-refractivity contribution in [3.8, 4) is 0 Å². The van der Waals surface area contributed by atoms with E-state index in [1.807, 2.05) is 0 Å². The van der Waals surface area contributed by atoms with Gasteiger partial charge in [0, 0.05) is 24.6 Å². The lowest BCUT2D eigenvalue weighted by atomic mass is 10.1. The monoisotopic (exact) mass is 253 g/mol. The summed E-state index contributed by atoms with van der Waals surface area (Å²) in [5, 5.41) is 3.82. The Bertz CT molecular complexity index is 489. The van der Waals surface area contributed by atoms with Gasteiger partial charge in [-0.2, -0.15) is 5.10 Å². The van der Waals surface area contributed by atoms with Gasteiger partial charge in [-0.1, -0.05) is 12.7 Å². The van der Waals surface area contributed by atoms with Crippen LogP contribution in [0, 0.1) is 0 Å². The smallest absolute Gasteiger partial charge is 0.167 e.